The number of rotatable bonds is 3. The summed E-state index contributed by atoms with van der Waals surface area (Å²) in [5.74, 6) is -1.51. The predicted octanol–water partition coefficient (Wildman–Crippen LogP) is 3.23. The number of hydrogen-bond donors (Lipinski definition) is 0. The van der Waals surface area contributed by atoms with Gasteiger partial charge in [-0.25, -0.2) is 8.78 Å². The molecule has 0 fully saturated rings. The van der Waals surface area contributed by atoms with E-state index in [2.05, 4.69) is 4.99 Å². The van der Waals surface area contributed by atoms with Gasteiger partial charge in [0.1, 0.15) is 5.82 Å². The third-order valence-electron chi connectivity index (χ3n) is 2.67. The summed E-state index contributed by atoms with van der Waals surface area (Å²) < 4.78 is 29.2. The van der Waals surface area contributed by atoms with Crippen molar-refractivity contribution in [3.63, 3.8) is 0 Å². The van der Waals surface area contributed by atoms with Crippen LogP contribution in [0.2, 0.25) is 0 Å². The van der Waals surface area contributed by atoms with E-state index in [1.807, 2.05) is 6.92 Å². The zero-order valence-corrected chi connectivity index (χ0v) is 11.6. The molecule has 6 heteroatoms. The maximum absolute atomic E-state index is 13.9. The van der Waals surface area contributed by atoms with Crippen molar-refractivity contribution in [3.05, 3.63) is 28.6 Å². The Morgan fingerprint density at radius 3 is 2.74 bits per heavy atom. The van der Waals surface area contributed by atoms with Gasteiger partial charge in [0, 0.05) is 19.0 Å². The predicted molar refractivity (Wildman–Crippen MR) is 70.9 cm³/mol. The lowest BCUT2D eigenvalue weighted by atomic mass is 10.3. The fraction of sp³-hybridized carbons (Fsp3) is 0.385. The van der Waals surface area contributed by atoms with E-state index in [-0.39, 0.29) is 12.3 Å². The summed E-state index contributed by atoms with van der Waals surface area (Å²) in [6.07, 6.45) is 1.06. The minimum atomic E-state index is -0.622. The monoisotopic (exact) mass is 284 g/mol. The van der Waals surface area contributed by atoms with Crippen LogP contribution in [-0.4, -0.2) is 10.5 Å². The van der Waals surface area contributed by atoms with E-state index in [0.29, 0.717) is 21.6 Å². The molecule has 0 atom stereocenters. The third-order valence-corrected chi connectivity index (χ3v) is 3.69. The molecule has 0 aliphatic rings. The quantitative estimate of drug-likeness (QED) is 0.852. The summed E-state index contributed by atoms with van der Waals surface area (Å²) in [6.45, 7) is 4.20. The van der Waals surface area contributed by atoms with Gasteiger partial charge in [-0.15, -0.1) is 0 Å². The standard InChI is InChI=1S/C13H14F2N2OS/c1-3-5-17-12-9(15)6-8(14)7-10(12)19-13(17)16-11(18)4-2/h6-7H,3-5H2,1-2H3. The van der Waals surface area contributed by atoms with Crippen LogP contribution in [0.25, 0.3) is 10.2 Å². The molecular weight excluding hydrogens is 270 g/mol. The highest BCUT2D eigenvalue weighted by Gasteiger charge is 2.13. The second kappa shape index (κ2) is 5.61. The summed E-state index contributed by atoms with van der Waals surface area (Å²) in [6, 6.07) is 2.12. The van der Waals surface area contributed by atoms with Gasteiger partial charge in [0.05, 0.1) is 10.2 Å². The van der Waals surface area contributed by atoms with E-state index in [0.717, 1.165) is 23.8 Å². The first-order valence-electron chi connectivity index (χ1n) is 6.12. The van der Waals surface area contributed by atoms with E-state index in [4.69, 9.17) is 0 Å². The average Bonchev–Trinajstić information content (AvgIpc) is 2.67. The number of benzene rings is 1. The van der Waals surface area contributed by atoms with E-state index < -0.39 is 11.6 Å². The van der Waals surface area contributed by atoms with Crippen molar-refractivity contribution in [1.82, 2.24) is 4.57 Å². The fourth-order valence-corrected chi connectivity index (χ4v) is 2.94. The van der Waals surface area contributed by atoms with Crippen LogP contribution < -0.4 is 4.80 Å². The Labute approximate surface area is 113 Å². The molecular formula is C13H14F2N2OS. The van der Waals surface area contributed by atoms with E-state index in [9.17, 15) is 13.6 Å². The molecule has 0 bridgehead atoms. The number of fused-ring (bicyclic) bond motifs is 1. The molecule has 2 aromatic rings. The lowest BCUT2D eigenvalue weighted by Gasteiger charge is -2.03. The SMILES string of the molecule is CCCn1c(=NC(=O)CC)sc2cc(F)cc(F)c21. The van der Waals surface area contributed by atoms with Crippen LogP contribution in [-0.2, 0) is 11.3 Å². The van der Waals surface area contributed by atoms with Crippen molar-refractivity contribution in [2.75, 3.05) is 0 Å². The molecule has 0 aliphatic carbocycles. The first kappa shape index (κ1) is 13.9. The number of halogens is 2. The van der Waals surface area contributed by atoms with Gasteiger partial charge in [0.2, 0.25) is 5.91 Å². The second-order valence-corrected chi connectivity index (χ2v) is 5.14. The van der Waals surface area contributed by atoms with Crippen molar-refractivity contribution in [3.8, 4) is 0 Å². The number of hydrogen-bond acceptors (Lipinski definition) is 2. The van der Waals surface area contributed by atoms with E-state index in [1.54, 1.807) is 11.5 Å². The second-order valence-electron chi connectivity index (χ2n) is 4.13. The summed E-state index contributed by atoms with van der Waals surface area (Å²) >= 11 is 1.13. The third kappa shape index (κ3) is 2.73. The zero-order valence-electron chi connectivity index (χ0n) is 10.7. The molecule has 0 saturated carbocycles. The molecule has 1 amide bonds. The van der Waals surface area contributed by atoms with Gasteiger partial charge < -0.3 is 4.57 Å². The molecule has 1 aromatic carbocycles. The number of amides is 1. The van der Waals surface area contributed by atoms with Crippen molar-refractivity contribution >= 4 is 27.5 Å². The van der Waals surface area contributed by atoms with E-state index >= 15 is 0 Å². The number of carbonyl (C=O) groups is 1. The highest BCUT2D eigenvalue weighted by Crippen LogP contribution is 2.22. The smallest absolute Gasteiger partial charge is 0.248 e. The topological polar surface area (TPSA) is 34.4 Å². The van der Waals surface area contributed by atoms with Gasteiger partial charge in [0.15, 0.2) is 10.6 Å². The van der Waals surface area contributed by atoms with Crippen LogP contribution in [0.4, 0.5) is 8.78 Å². The van der Waals surface area contributed by atoms with Crippen molar-refractivity contribution < 1.29 is 13.6 Å². The van der Waals surface area contributed by atoms with E-state index in [1.165, 1.54) is 6.07 Å². The van der Waals surface area contributed by atoms with Gasteiger partial charge in [-0.1, -0.05) is 25.2 Å². The first-order chi connectivity index (χ1) is 9.06. The number of nitrogens with zero attached hydrogens (tertiary/aromatic N) is 2. The maximum atomic E-state index is 13.9. The Morgan fingerprint density at radius 1 is 1.37 bits per heavy atom. The Morgan fingerprint density at radius 2 is 2.11 bits per heavy atom. The Hall–Kier alpha value is -1.56. The fourth-order valence-electron chi connectivity index (χ4n) is 1.83. The van der Waals surface area contributed by atoms with Crippen molar-refractivity contribution in [2.24, 2.45) is 4.99 Å². The lowest BCUT2D eigenvalue weighted by molar-refractivity contribution is -0.117. The molecule has 0 radical (unpaired) electrons. The van der Waals surface area contributed by atoms with Gasteiger partial charge in [0.25, 0.3) is 0 Å². The lowest BCUT2D eigenvalue weighted by Crippen LogP contribution is -2.17. The highest BCUT2D eigenvalue weighted by molar-refractivity contribution is 7.16. The first-order valence-corrected chi connectivity index (χ1v) is 6.94. The van der Waals surface area contributed by atoms with Crippen LogP contribution in [0.15, 0.2) is 17.1 Å². The summed E-state index contributed by atoms with van der Waals surface area (Å²) in [5, 5.41) is 0. The molecule has 3 nitrogen and oxygen atoms in total. The average molecular weight is 284 g/mol. The molecule has 102 valence electrons. The summed E-state index contributed by atoms with van der Waals surface area (Å²) in [4.78, 5) is 15.8. The zero-order chi connectivity index (χ0) is 14.0. The molecule has 0 unspecified atom stereocenters. The maximum Gasteiger partial charge on any atom is 0.248 e. The van der Waals surface area contributed by atoms with Gasteiger partial charge >= 0.3 is 0 Å². The van der Waals surface area contributed by atoms with Gasteiger partial charge in [-0.2, -0.15) is 4.99 Å². The Bertz CT molecular complexity index is 688. The molecule has 1 heterocycles. The summed E-state index contributed by atoms with van der Waals surface area (Å²) in [7, 11) is 0. The number of aromatic nitrogens is 1. The van der Waals surface area contributed by atoms with Crippen molar-refractivity contribution in [1.29, 1.82) is 0 Å². The minimum Gasteiger partial charge on any atom is -0.314 e. The number of thiazole rings is 1. The molecule has 1 aromatic heterocycles. The van der Waals surface area contributed by atoms with Crippen LogP contribution in [0, 0.1) is 11.6 Å². The van der Waals surface area contributed by atoms with Gasteiger partial charge in [-0.3, -0.25) is 4.79 Å². The van der Waals surface area contributed by atoms with Crippen LogP contribution >= 0.6 is 11.3 Å². The Kier molecular flexibility index (Phi) is 4.09. The van der Waals surface area contributed by atoms with Crippen LogP contribution in [0.5, 0.6) is 0 Å². The molecule has 19 heavy (non-hydrogen) atoms. The van der Waals surface area contributed by atoms with Gasteiger partial charge in [-0.05, 0) is 12.5 Å². The van der Waals surface area contributed by atoms with Crippen molar-refractivity contribution in [2.45, 2.75) is 33.2 Å². The van der Waals surface area contributed by atoms with Crippen LogP contribution in [0.3, 0.4) is 0 Å². The minimum absolute atomic E-state index is 0.266. The Balaban J connectivity index is 2.77. The highest BCUT2D eigenvalue weighted by atomic mass is 32.1. The van der Waals surface area contributed by atoms with Crippen LogP contribution in [0.1, 0.15) is 26.7 Å². The number of aryl methyl sites for hydroxylation is 1. The largest absolute Gasteiger partial charge is 0.314 e. The molecule has 0 spiro atoms. The number of carbonyl (C=O) groups excluding carboxylic acids is 1. The summed E-state index contributed by atoms with van der Waals surface area (Å²) in [5.41, 5.74) is 0.316. The normalized spacial score (nSPS) is 12.3. The molecule has 2 rings (SSSR count). The molecule has 0 saturated heterocycles. The molecule has 0 N–H and O–H groups in total. The molecule has 0 aliphatic heterocycles.